The third-order valence-corrected chi connectivity index (χ3v) is 2.95. The van der Waals surface area contributed by atoms with Gasteiger partial charge in [0.15, 0.2) is 0 Å². The van der Waals surface area contributed by atoms with Gasteiger partial charge in [-0.25, -0.2) is 0 Å². The number of aryl methyl sites for hydroxylation is 1. The van der Waals surface area contributed by atoms with Gasteiger partial charge in [0.2, 0.25) is 0 Å². The van der Waals surface area contributed by atoms with Gasteiger partial charge < -0.3 is 10.1 Å². The summed E-state index contributed by atoms with van der Waals surface area (Å²) in [5, 5.41) is 3.58. The van der Waals surface area contributed by atoms with Crippen LogP contribution in [-0.4, -0.2) is 19.8 Å². The van der Waals surface area contributed by atoms with E-state index < -0.39 is 0 Å². The molecule has 0 amide bonds. The molecule has 1 aromatic carbocycles. The fraction of sp³-hybridized carbons (Fsp3) is 0.600. The lowest BCUT2D eigenvalue weighted by Crippen LogP contribution is -2.22. The molecule has 1 atom stereocenters. The minimum Gasteiger partial charge on any atom is -0.382 e. The zero-order chi connectivity index (χ0) is 12.5. The number of ether oxygens (including phenoxy) is 1. The maximum absolute atomic E-state index is 5.33. The van der Waals surface area contributed by atoms with E-state index in [2.05, 4.69) is 43.4 Å². The molecule has 0 aliphatic heterocycles. The molecular weight excluding hydrogens is 210 g/mol. The lowest BCUT2D eigenvalue weighted by atomic mass is 10.0. The van der Waals surface area contributed by atoms with Crippen LogP contribution < -0.4 is 5.32 Å². The van der Waals surface area contributed by atoms with Crippen molar-refractivity contribution < 1.29 is 4.74 Å². The van der Waals surface area contributed by atoms with Crippen molar-refractivity contribution in [1.29, 1.82) is 0 Å². The van der Waals surface area contributed by atoms with Gasteiger partial charge in [-0.15, -0.1) is 0 Å². The van der Waals surface area contributed by atoms with E-state index in [1.165, 1.54) is 11.1 Å². The van der Waals surface area contributed by atoms with Crippen molar-refractivity contribution in [2.75, 3.05) is 19.8 Å². The van der Waals surface area contributed by atoms with Gasteiger partial charge in [0.1, 0.15) is 0 Å². The lowest BCUT2D eigenvalue weighted by molar-refractivity contribution is 0.144. The van der Waals surface area contributed by atoms with E-state index in [1.54, 1.807) is 0 Å². The SMILES string of the molecule is CCOCCCNC(CC)c1ccc(C)cc1. The molecule has 1 aromatic rings. The van der Waals surface area contributed by atoms with Crippen molar-refractivity contribution in [2.24, 2.45) is 0 Å². The summed E-state index contributed by atoms with van der Waals surface area (Å²) in [6, 6.07) is 9.27. The van der Waals surface area contributed by atoms with Gasteiger partial charge >= 0.3 is 0 Å². The molecule has 0 bridgehead atoms. The van der Waals surface area contributed by atoms with E-state index in [0.29, 0.717) is 6.04 Å². The van der Waals surface area contributed by atoms with E-state index >= 15 is 0 Å². The first-order chi connectivity index (χ1) is 8.27. The second-order valence-electron chi connectivity index (χ2n) is 4.38. The van der Waals surface area contributed by atoms with Crippen LogP contribution in [0.3, 0.4) is 0 Å². The Morgan fingerprint density at radius 1 is 1.18 bits per heavy atom. The second-order valence-corrected chi connectivity index (χ2v) is 4.38. The number of hydrogen-bond donors (Lipinski definition) is 1. The minimum absolute atomic E-state index is 0.470. The molecule has 1 rings (SSSR count). The molecule has 0 aromatic heterocycles. The van der Waals surface area contributed by atoms with Crippen LogP contribution in [0.2, 0.25) is 0 Å². The molecule has 2 heteroatoms. The fourth-order valence-electron chi connectivity index (χ4n) is 1.89. The molecular formula is C15H25NO. The van der Waals surface area contributed by atoms with Crippen LogP contribution in [0.4, 0.5) is 0 Å². The minimum atomic E-state index is 0.470. The zero-order valence-electron chi connectivity index (χ0n) is 11.3. The van der Waals surface area contributed by atoms with Crippen molar-refractivity contribution in [2.45, 2.75) is 39.7 Å². The third-order valence-electron chi connectivity index (χ3n) is 2.95. The van der Waals surface area contributed by atoms with E-state index in [0.717, 1.165) is 32.6 Å². The highest BCUT2D eigenvalue weighted by Gasteiger charge is 2.07. The molecule has 0 aliphatic carbocycles. The van der Waals surface area contributed by atoms with Gasteiger partial charge in [-0.3, -0.25) is 0 Å². The molecule has 0 fully saturated rings. The predicted octanol–water partition coefficient (Wildman–Crippen LogP) is 3.46. The maximum atomic E-state index is 5.33. The van der Waals surface area contributed by atoms with Crippen LogP contribution >= 0.6 is 0 Å². The van der Waals surface area contributed by atoms with Crippen molar-refractivity contribution in [3.05, 3.63) is 35.4 Å². The van der Waals surface area contributed by atoms with Crippen molar-refractivity contribution in [3.8, 4) is 0 Å². The topological polar surface area (TPSA) is 21.3 Å². The summed E-state index contributed by atoms with van der Waals surface area (Å²) in [6.45, 7) is 9.07. The maximum Gasteiger partial charge on any atom is 0.0477 e. The normalized spacial score (nSPS) is 12.6. The first-order valence-electron chi connectivity index (χ1n) is 6.65. The van der Waals surface area contributed by atoms with E-state index in [-0.39, 0.29) is 0 Å². The summed E-state index contributed by atoms with van der Waals surface area (Å²) in [4.78, 5) is 0. The molecule has 1 unspecified atom stereocenters. The molecule has 0 spiro atoms. The third kappa shape index (κ3) is 5.33. The summed E-state index contributed by atoms with van der Waals surface area (Å²) in [7, 11) is 0. The van der Waals surface area contributed by atoms with Gasteiger partial charge in [0.25, 0.3) is 0 Å². The Labute approximate surface area is 105 Å². The first kappa shape index (κ1) is 14.2. The molecule has 96 valence electrons. The van der Waals surface area contributed by atoms with Crippen molar-refractivity contribution in [1.82, 2.24) is 5.32 Å². The average molecular weight is 235 g/mol. The number of benzene rings is 1. The molecule has 0 saturated carbocycles. The first-order valence-corrected chi connectivity index (χ1v) is 6.65. The molecule has 2 nitrogen and oxygen atoms in total. The standard InChI is InChI=1S/C15H25NO/c1-4-15(16-11-6-12-17-5-2)14-9-7-13(3)8-10-14/h7-10,15-16H,4-6,11-12H2,1-3H3. The Kier molecular flexibility index (Phi) is 6.90. The van der Waals surface area contributed by atoms with E-state index in [4.69, 9.17) is 4.74 Å². The van der Waals surface area contributed by atoms with Gasteiger partial charge in [0.05, 0.1) is 0 Å². The van der Waals surface area contributed by atoms with Crippen LogP contribution in [0.1, 0.15) is 43.9 Å². The Bertz CT molecular complexity index is 294. The lowest BCUT2D eigenvalue weighted by Gasteiger charge is -2.17. The Balaban J connectivity index is 2.35. The summed E-state index contributed by atoms with van der Waals surface area (Å²) in [5.74, 6) is 0. The Hall–Kier alpha value is -0.860. The van der Waals surface area contributed by atoms with Crippen molar-refractivity contribution >= 4 is 0 Å². The number of nitrogens with one attached hydrogen (secondary N) is 1. The van der Waals surface area contributed by atoms with Crippen LogP contribution in [0.5, 0.6) is 0 Å². The van der Waals surface area contributed by atoms with Crippen LogP contribution in [0.15, 0.2) is 24.3 Å². The van der Waals surface area contributed by atoms with E-state index in [9.17, 15) is 0 Å². The average Bonchev–Trinajstić information content (AvgIpc) is 2.35. The molecule has 0 aliphatic rings. The predicted molar refractivity (Wildman–Crippen MR) is 73.3 cm³/mol. The Morgan fingerprint density at radius 2 is 1.88 bits per heavy atom. The van der Waals surface area contributed by atoms with E-state index in [1.807, 2.05) is 6.92 Å². The smallest absolute Gasteiger partial charge is 0.0477 e. The number of hydrogen-bond acceptors (Lipinski definition) is 2. The zero-order valence-corrected chi connectivity index (χ0v) is 11.3. The fourth-order valence-corrected chi connectivity index (χ4v) is 1.89. The number of rotatable bonds is 8. The highest BCUT2D eigenvalue weighted by Crippen LogP contribution is 2.16. The summed E-state index contributed by atoms with van der Waals surface area (Å²) in [6.07, 6.45) is 2.20. The second kappa shape index (κ2) is 8.26. The summed E-state index contributed by atoms with van der Waals surface area (Å²) >= 11 is 0. The van der Waals surface area contributed by atoms with Crippen molar-refractivity contribution in [3.63, 3.8) is 0 Å². The highest BCUT2D eigenvalue weighted by atomic mass is 16.5. The largest absolute Gasteiger partial charge is 0.382 e. The van der Waals surface area contributed by atoms with Crippen LogP contribution in [0, 0.1) is 6.92 Å². The molecule has 17 heavy (non-hydrogen) atoms. The van der Waals surface area contributed by atoms with Gasteiger partial charge in [-0.05, 0) is 38.8 Å². The van der Waals surface area contributed by atoms with Gasteiger partial charge in [0, 0.05) is 19.3 Å². The summed E-state index contributed by atoms with van der Waals surface area (Å²) in [5.41, 5.74) is 2.70. The molecule has 0 saturated heterocycles. The quantitative estimate of drug-likeness (QED) is 0.697. The highest BCUT2D eigenvalue weighted by molar-refractivity contribution is 5.23. The van der Waals surface area contributed by atoms with Gasteiger partial charge in [-0.1, -0.05) is 36.8 Å². The monoisotopic (exact) mass is 235 g/mol. The van der Waals surface area contributed by atoms with Crippen LogP contribution in [0.25, 0.3) is 0 Å². The Morgan fingerprint density at radius 3 is 2.47 bits per heavy atom. The van der Waals surface area contributed by atoms with Gasteiger partial charge in [-0.2, -0.15) is 0 Å². The molecule has 0 radical (unpaired) electrons. The molecule has 0 heterocycles. The summed E-state index contributed by atoms with van der Waals surface area (Å²) < 4.78 is 5.33. The van der Waals surface area contributed by atoms with Crippen LogP contribution in [-0.2, 0) is 4.74 Å². The molecule has 1 N–H and O–H groups in total.